The van der Waals surface area contributed by atoms with Crippen LogP contribution in [0.15, 0.2) is 12.2 Å². The molecule has 0 aromatic carbocycles. The maximum absolute atomic E-state index is 10.2. The van der Waals surface area contributed by atoms with E-state index >= 15 is 0 Å². The Labute approximate surface area is 132 Å². The fraction of sp³-hybridized carbons (Fsp3) is 0.800. The molecule has 0 aliphatic heterocycles. The second-order valence-corrected chi connectivity index (χ2v) is 5.13. The summed E-state index contributed by atoms with van der Waals surface area (Å²) in [6.07, 6.45) is 0.775. The maximum Gasteiger partial charge on any atom is 0.146 e. The summed E-state index contributed by atoms with van der Waals surface area (Å²) in [5.74, 6) is -1.27. The molecule has 1 N–H and O–H groups in total. The standard InChI is InChI=1S/C8H16O5.C7H14O2/c1-8(11,5-7(9)10)3-4-13-6-12-2;1-7(2)4-5-9-6-8-3/h11H,3-6H2,1-2H3,(H,9,10);1,4-6H2,2-3H3/p-1/t8-;/m1./s1. The molecule has 22 heavy (non-hydrogen) atoms. The third-order valence-corrected chi connectivity index (χ3v) is 2.39. The number of aliphatic carboxylic acids is 1. The molecule has 0 saturated heterocycles. The summed E-state index contributed by atoms with van der Waals surface area (Å²) in [4.78, 5) is 10.2. The van der Waals surface area contributed by atoms with Crippen molar-refractivity contribution in [2.24, 2.45) is 0 Å². The molecule has 0 saturated carbocycles. The van der Waals surface area contributed by atoms with E-state index in [9.17, 15) is 15.0 Å². The van der Waals surface area contributed by atoms with Crippen molar-refractivity contribution in [2.75, 3.05) is 41.0 Å². The molecule has 7 heteroatoms. The zero-order valence-electron chi connectivity index (χ0n) is 14.1. The van der Waals surface area contributed by atoms with Crippen LogP contribution < -0.4 is 5.11 Å². The molecular weight excluding hydrogens is 292 g/mol. The lowest BCUT2D eigenvalue weighted by Gasteiger charge is -2.23. The minimum Gasteiger partial charge on any atom is -0.550 e. The van der Waals surface area contributed by atoms with E-state index in [4.69, 9.17) is 9.47 Å². The number of carboxylic acids is 1. The largest absolute Gasteiger partial charge is 0.550 e. The third kappa shape index (κ3) is 21.3. The fourth-order valence-corrected chi connectivity index (χ4v) is 1.22. The topological polar surface area (TPSA) is 97.3 Å². The Bertz CT molecular complexity index is 290. The molecule has 0 spiro atoms. The van der Waals surface area contributed by atoms with E-state index in [-0.39, 0.29) is 26.2 Å². The molecule has 132 valence electrons. The zero-order chi connectivity index (χ0) is 17.4. The summed E-state index contributed by atoms with van der Waals surface area (Å²) in [7, 11) is 3.10. The van der Waals surface area contributed by atoms with E-state index in [2.05, 4.69) is 16.1 Å². The predicted octanol–water partition coefficient (Wildman–Crippen LogP) is 0.461. The van der Waals surface area contributed by atoms with Crippen LogP contribution in [0.5, 0.6) is 0 Å². The molecule has 0 aromatic rings. The Hall–Kier alpha value is -0.990. The first kappa shape index (κ1) is 23.3. The van der Waals surface area contributed by atoms with Gasteiger partial charge in [-0.15, -0.1) is 6.58 Å². The number of rotatable bonds is 12. The minimum atomic E-state index is -1.27. The Morgan fingerprint density at radius 3 is 2.09 bits per heavy atom. The lowest BCUT2D eigenvalue weighted by molar-refractivity contribution is -0.309. The molecule has 7 nitrogen and oxygen atoms in total. The smallest absolute Gasteiger partial charge is 0.146 e. The van der Waals surface area contributed by atoms with Crippen LogP contribution >= 0.6 is 0 Å². The molecular formula is C15H29O7-. The van der Waals surface area contributed by atoms with Crippen molar-refractivity contribution in [3.63, 3.8) is 0 Å². The van der Waals surface area contributed by atoms with Gasteiger partial charge in [-0.3, -0.25) is 0 Å². The molecule has 0 aliphatic carbocycles. The second kappa shape index (κ2) is 14.9. The van der Waals surface area contributed by atoms with Gasteiger partial charge >= 0.3 is 0 Å². The zero-order valence-corrected chi connectivity index (χ0v) is 14.1. The van der Waals surface area contributed by atoms with Crippen LogP contribution in [0.25, 0.3) is 0 Å². The average molecular weight is 321 g/mol. The van der Waals surface area contributed by atoms with E-state index in [0.717, 1.165) is 12.0 Å². The van der Waals surface area contributed by atoms with Gasteiger partial charge < -0.3 is 34.0 Å². The lowest BCUT2D eigenvalue weighted by atomic mass is 9.99. The van der Waals surface area contributed by atoms with Crippen LogP contribution in [0.3, 0.4) is 0 Å². The van der Waals surface area contributed by atoms with Crippen molar-refractivity contribution < 1.29 is 34.0 Å². The molecule has 0 bridgehead atoms. The van der Waals surface area contributed by atoms with Crippen molar-refractivity contribution in [1.29, 1.82) is 0 Å². The maximum atomic E-state index is 10.2. The normalized spacial score (nSPS) is 13.0. The summed E-state index contributed by atoms with van der Waals surface area (Å²) >= 11 is 0. The summed E-state index contributed by atoms with van der Waals surface area (Å²) < 4.78 is 19.2. The van der Waals surface area contributed by atoms with E-state index in [1.165, 1.54) is 14.0 Å². The molecule has 0 radical (unpaired) electrons. The first-order valence-electron chi connectivity index (χ1n) is 6.95. The monoisotopic (exact) mass is 321 g/mol. The SMILES string of the molecule is C=C(C)CCOCOC.COCOCC[C@@](C)(O)CC(=O)[O-]. The molecule has 0 unspecified atom stereocenters. The number of hydrogen-bond donors (Lipinski definition) is 1. The third-order valence-electron chi connectivity index (χ3n) is 2.39. The number of carbonyl (C=O) groups is 1. The lowest BCUT2D eigenvalue weighted by Crippen LogP contribution is -2.36. The van der Waals surface area contributed by atoms with Gasteiger partial charge in [0.2, 0.25) is 0 Å². The highest BCUT2D eigenvalue weighted by Crippen LogP contribution is 2.13. The van der Waals surface area contributed by atoms with Gasteiger partial charge in [-0.1, -0.05) is 5.57 Å². The number of hydrogen-bond acceptors (Lipinski definition) is 7. The van der Waals surface area contributed by atoms with Crippen molar-refractivity contribution >= 4 is 5.97 Å². The van der Waals surface area contributed by atoms with Gasteiger partial charge in [0, 0.05) is 26.6 Å². The number of carboxylic acid groups (broad SMARTS) is 1. The van der Waals surface area contributed by atoms with Gasteiger partial charge in [0.05, 0.1) is 18.8 Å². The van der Waals surface area contributed by atoms with Gasteiger partial charge in [-0.2, -0.15) is 0 Å². The summed E-state index contributed by atoms with van der Waals surface area (Å²) in [6.45, 7) is 8.64. The molecule has 0 aliphatic rings. The number of carbonyl (C=O) groups excluding carboxylic acids is 1. The molecule has 0 rings (SSSR count). The quantitative estimate of drug-likeness (QED) is 0.317. The first-order valence-corrected chi connectivity index (χ1v) is 6.95. The van der Waals surface area contributed by atoms with Crippen LogP contribution in [0.2, 0.25) is 0 Å². The van der Waals surface area contributed by atoms with Gasteiger partial charge in [-0.05, 0) is 26.7 Å². The highest BCUT2D eigenvalue weighted by molar-refractivity contribution is 5.65. The Balaban J connectivity index is 0. The summed E-state index contributed by atoms with van der Waals surface area (Å²) in [6, 6.07) is 0. The van der Waals surface area contributed by atoms with E-state index in [1.54, 1.807) is 7.11 Å². The second-order valence-electron chi connectivity index (χ2n) is 5.13. The van der Waals surface area contributed by atoms with Crippen molar-refractivity contribution in [2.45, 2.75) is 38.7 Å². The highest BCUT2D eigenvalue weighted by Gasteiger charge is 2.19. The Kier molecular flexibility index (Phi) is 15.8. The van der Waals surface area contributed by atoms with Gasteiger partial charge in [0.1, 0.15) is 13.6 Å². The predicted molar refractivity (Wildman–Crippen MR) is 80.0 cm³/mol. The molecule has 0 fully saturated rings. The van der Waals surface area contributed by atoms with Crippen molar-refractivity contribution in [1.82, 2.24) is 0 Å². The highest BCUT2D eigenvalue weighted by atomic mass is 16.7. The van der Waals surface area contributed by atoms with Crippen molar-refractivity contribution in [3.8, 4) is 0 Å². The Morgan fingerprint density at radius 2 is 1.68 bits per heavy atom. The van der Waals surface area contributed by atoms with E-state index in [0.29, 0.717) is 13.4 Å². The average Bonchev–Trinajstić information content (AvgIpc) is 2.39. The van der Waals surface area contributed by atoms with Crippen LogP contribution in [0.1, 0.15) is 33.1 Å². The minimum absolute atomic E-state index is 0.140. The number of ether oxygens (including phenoxy) is 4. The first-order chi connectivity index (χ1) is 10.2. The van der Waals surface area contributed by atoms with Crippen molar-refractivity contribution in [3.05, 3.63) is 12.2 Å². The van der Waals surface area contributed by atoms with Crippen LogP contribution in [-0.2, 0) is 23.7 Å². The van der Waals surface area contributed by atoms with Crippen LogP contribution in [-0.4, -0.2) is 57.7 Å². The molecule has 0 heterocycles. The number of aliphatic hydroxyl groups is 1. The van der Waals surface area contributed by atoms with Gasteiger partial charge in [0.25, 0.3) is 0 Å². The van der Waals surface area contributed by atoms with Gasteiger partial charge in [-0.25, -0.2) is 0 Å². The molecule has 1 atom stereocenters. The van der Waals surface area contributed by atoms with Crippen LogP contribution in [0.4, 0.5) is 0 Å². The summed E-state index contributed by atoms with van der Waals surface area (Å²) in [5, 5.41) is 19.6. The van der Waals surface area contributed by atoms with Crippen LogP contribution in [0, 0.1) is 0 Å². The van der Waals surface area contributed by atoms with Gasteiger partial charge in [0.15, 0.2) is 0 Å². The summed E-state index contributed by atoms with van der Waals surface area (Å²) in [5.41, 5.74) is -0.127. The number of methoxy groups -OCH3 is 2. The van der Waals surface area contributed by atoms with E-state index in [1.807, 2.05) is 6.92 Å². The molecule has 0 aromatic heterocycles. The van der Waals surface area contributed by atoms with E-state index < -0.39 is 11.6 Å². The molecule has 0 amide bonds. The Morgan fingerprint density at radius 1 is 1.18 bits per heavy atom. The fourth-order valence-electron chi connectivity index (χ4n) is 1.22.